The molecule has 1 spiro atoms. The second-order valence-electron chi connectivity index (χ2n) is 4.42. The Morgan fingerprint density at radius 3 is 2.13 bits per heavy atom. The first-order valence-electron chi connectivity index (χ1n) is 5.60. The molecule has 2 aliphatic rings. The Hall–Kier alpha value is 1.02. The zero-order valence-electron chi connectivity index (χ0n) is 9.51. The molecule has 1 saturated heterocycles. The topological polar surface area (TPSA) is 18.5 Å². The third kappa shape index (κ3) is 3.76. The molecule has 0 aromatic carbocycles. The molecule has 1 aliphatic heterocycles. The van der Waals surface area contributed by atoms with E-state index in [4.69, 9.17) is 9.47 Å². The Bertz CT molecular complexity index is 171. The van der Waals surface area contributed by atoms with Crippen LogP contribution in [0.15, 0.2) is 0 Å². The van der Waals surface area contributed by atoms with E-state index in [-0.39, 0.29) is 5.79 Å². The standard InChI is InChI=1S/C11H19O2.BrH.Zn/c1-9(2)10-3-5-11(6-4-10)12-7-8-13-11;;/h9-10H,1,3-8H2,2H3;1H;/q-1;;+2/p-1. The Kier molecular flexibility index (Phi) is 6.28. The van der Waals surface area contributed by atoms with Crippen molar-refractivity contribution in [2.45, 2.75) is 38.4 Å². The molecule has 2 fully saturated rings. The molecular formula is C11H19BrO2Zn. The predicted octanol–water partition coefficient (Wildman–Crippen LogP) is 3.23. The number of ether oxygens (including phenoxy) is 2. The van der Waals surface area contributed by atoms with Crippen LogP contribution in [0, 0.1) is 18.8 Å². The summed E-state index contributed by atoms with van der Waals surface area (Å²) in [6.45, 7) is 7.87. The fourth-order valence-corrected chi connectivity index (χ4v) is 2.43. The molecular weight excluding hydrogens is 309 g/mol. The SMILES string of the molecule is [CH2-]C(C)C1CCC2(CC1)OCCO2.[Zn+][Br]. The normalized spacial score (nSPS) is 27.3. The monoisotopic (exact) mass is 326 g/mol. The fourth-order valence-electron chi connectivity index (χ4n) is 2.43. The molecule has 0 radical (unpaired) electrons. The number of halogens is 1. The van der Waals surface area contributed by atoms with Gasteiger partial charge in [0.25, 0.3) is 0 Å². The molecule has 2 nitrogen and oxygen atoms in total. The van der Waals surface area contributed by atoms with E-state index in [9.17, 15) is 0 Å². The maximum atomic E-state index is 5.67. The van der Waals surface area contributed by atoms with E-state index >= 15 is 0 Å². The van der Waals surface area contributed by atoms with Gasteiger partial charge in [-0.2, -0.15) is 5.92 Å². The summed E-state index contributed by atoms with van der Waals surface area (Å²) in [7, 11) is 0. The van der Waals surface area contributed by atoms with Gasteiger partial charge < -0.3 is 16.4 Å². The van der Waals surface area contributed by atoms with E-state index in [0.29, 0.717) is 5.92 Å². The second-order valence-corrected chi connectivity index (χ2v) is 4.42. The molecule has 0 aromatic rings. The summed E-state index contributed by atoms with van der Waals surface area (Å²) in [6.07, 6.45) is 4.56. The zero-order chi connectivity index (χ0) is 11.3. The summed E-state index contributed by atoms with van der Waals surface area (Å²) >= 11 is 4.25. The molecule has 1 unspecified atom stereocenters. The van der Waals surface area contributed by atoms with Gasteiger partial charge in [-0.3, -0.25) is 0 Å². The van der Waals surface area contributed by atoms with Crippen molar-refractivity contribution in [3.63, 3.8) is 0 Å². The first-order valence-corrected chi connectivity index (χ1v) is 12.5. The Balaban J connectivity index is 0.000000531. The Labute approximate surface area is 110 Å². The summed E-state index contributed by atoms with van der Waals surface area (Å²) < 4.78 is 11.3. The number of hydrogen-bond donors (Lipinski definition) is 0. The third-order valence-electron chi connectivity index (χ3n) is 3.41. The van der Waals surface area contributed by atoms with Crippen LogP contribution >= 0.6 is 13.6 Å². The van der Waals surface area contributed by atoms with Crippen molar-refractivity contribution in [3.8, 4) is 0 Å². The van der Waals surface area contributed by atoms with Gasteiger partial charge in [0.05, 0.1) is 13.2 Å². The van der Waals surface area contributed by atoms with Crippen molar-refractivity contribution in [1.82, 2.24) is 0 Å². The van der Waals surface area contributed by atoms with Crippen LogP contribution in [0.1, 0.15) is 32.6 Å². The van der Waals surface area contributed by atoms with Crippen LogP contribution in [0.25, 0.3) is 0 Å². The van der Waals surface area contributed by atoms with E-state index in [1.165, 1.54) is 29.2 Å². The molecule has 1 aliphatic carbocycles. The van der Waals surface area contributed by atoms with Crippen molar-refractivity contribution >= 4 is 13.6 Å². The van der Waals surface area contributed by atoms with Gasteiger partial charge in [-0.05, 0) is 12.8 Å². The summed E-state index contributed by atoms with van der Waals surface area (Å²) in [5.41, 5.74) is 0. The molecule has 0 amide bonds. The molecule has 0 bridgehead atoms. The number of rotatable bonds is 1. The maximum absolute atomic E-state index is 5.67. The molecule has 2 rings (SSSR count). The van der Waals surface area contributed by atoms with E-state index in [0.717, 1.165) is 32.0 Å². The molecule has 1 saturated carbocycles. The summed E-state index contributed by atoms with van der Waals surface area (Å²) in [4.78, 5) is 0. The summed E-state index contributed by atoms with van der Waals surface area (Å²) in [6, 6.07) is 0. The van der Waals surface area contributed by atoms with Crippen LogP contribution in [0.3, 0.4) is 0 Å². The van der Waals surface area contributed by atoms with Crippen LogP contribution in [-0.4, -0.2) is 19.0 Å². The minimum absolute atomic E-state index is 0.189. The van der Waals surface area contributed by atoms with Gasteiger partial charge in [-0.25, -0.2) is 0 Å². The first-order chi connectivity index (χ1) is 7.22. The van der Waals surface area contributed by atoms with Crippen molar-refractivity contribution < 1.29 is 25.8 Å². The zero-order valence-corrected chi connectivity index (χ0v) is 14.1. The van der Waals surface area contributed by atoms with E-state index in [1.54, 1.807) is 0 Å². The molecule has 0 N–H and O–H groups in total. The summed E-state index contributed by atoms with van der Waals surface area (Å²) in [5.74, 6) is 1.16. The minimum atomic E-state index is -0.189. The van der Waals surface area contributed by atoms with Crippen molar-refractivity contribution in [2.75, 3.05) is 13.2 Å². The van der Waals surface area contributed by atoms with Crippen molar-refractivity contribution in [3.05, 3.63) is 6.92 Å². The van der Waals surface area contributed by atoms with E-state index in [1.807, 2.05) is 0 Å². The quantitative estimate of drug-likeness (QED) is 0.543. The van der Waals surface area contributed by atoms with Gasteiger partial charge in [0, 0.05) is 12.8 Å². The van der Waals surface area contributed by atoms with Crippen LogP contribution in [0.4, 0.5) is 0 Å². The molecule has 0 aromatic heterocycles. The molecule has 84 valence electrons. The summed E-state index contributed by atoms with van der Waals surface area (Å²) in [5, 5.41) is 0. The molecule has 15 heavy (non-hydrogen) atoms. The van der Waals surface area contributed by atoms with Gasteiger partial charge >= 0.3 is 30.0 Å². The van der Waals surface area contributed by atoms with Gasteiger partial charge in [-0.15, -0.1) is 0 Å². The van der Waals surface area contributed by atoms with E-state index in [2.05, 4.69) is 27.5 Å². The van der Waals surface area contributed by atoms with Crippen molar-refractivity contribution in [2.24, 2.45) is 11.8 Å². The number of hydrogen-bond acceptors (Lipinski definition) is 2. The Morgan fingerprint density at radius 1 is 1.27 bits per heavy atom. The Morgan fingerprint density at radius 2 is 1.73 bits per heavy atom. The van der Waals surface area contributed by atoms with Gasteiger partial charge in [0.15, 0.2) is 5.79 Å². The van der Waals surface area contributed by atoms with Gasteiger partial charge in [0.2, 0.25) is 0 Å². The van der Waals surface area contributed by atoms with Crippen molar-refractivity contribution in [1.29, 1.82) is 0 Å². The average molecular weight is 329 g/mol. The molecule has 1 heterocycles. The van der Waals surface area contributed by atoms with Gasteiger partial charge in [-0.1, -0.05) is 12.8 Å². The van der Waals surface area contributed by atoms with Crippen LogP contribution in [0.2, 0.25) is 0 Å². The molecule has 4 heteroatoms. The van der Waals surface area contributed by atoms with Crippen LogP contribution in [0.5, 0.6) is 0 Å². The van der Waals surface area contributed by atoms with Gasteiger partial charge in [0.1, 0.15) is 0 Å². The van der Waals surface area contributed by atoms with E-state index < -0.39 is 0 Å². The third-order valence-corrected chi connectivity index (χ3v) is 3.41. The van der Waals surface area contributed by atoms with Crippen LogP contribution in [-0.2, 0) is 25.8 Å². The molecule has 1 atom stereocenters. The van der Waals surface area contributed by atoms with Crippen LogP contribution < -0.4 is 0 Å². The fraction of sp³-hybridized carbons (Fsp3) is 0.909. The first kappa shape index (κ1) is 14.1. The second kappa shape index (κ2) is 6.68. The predicted molar refractivity (Wildman–Crippen MR) is 60.0 cm³/mol. The average Bonchev–Trinajstić information content (AvgIpc) is 2.70.